The summed E-state index contributed by atoms with van der Waals surface area (Å²) in [6.45, 7) is 0.333. The van der Waals surface area contributed by atoms with E-state index in [9.17, 15) is 9.90 Å². The average molecular weight is 367 g/mol. The Morgan fingerprint density at radius 1 is 1.33 bits per heavy atom. The van der Waals surface area contributed by atoms with Gasteiger partial charge in [0.25, 0.3) is 5.89 Å². The first-order valence-corrected chi connectivity index (χ1v) is 8.50. The van der Waals surface area contributed by atoms with Crippen LogP contribution in [-0.4, -0.2) is 27.6 Å². The highest BCUT2D eigenvalue weighted by Gasteiger charge is 2.14. The summed E-state index contributed by atoms with van der Waals surface area (Å²) in [5, 5.41) is 16.6. The Bertz CT molecular complexity index is 844. The molecular weight excluding hydrogens is 352 g/mol. The molecule has 1 atom stereocenters. The molecule has 0 spiro atoms. The van der Waals surface area contributed by atoms with E-state index in [4.69, 9.17) is 20.8 Å². The lowest BCUT2D eigenvalue weighted by Gasteiger charge is -2.11. The molecule has 1 aromatic carbocycles. The van der Waals surface area contributed by atoms with Crippen molar-refractivity contribution in [3.63, 3.8) is 0 Å². The molecule has 0 saturated heterocycles. The highest BCUT2D eigenvalue weighted by molar-refractivity contribution is 7.13. The second-order valence-electron chi connectivity index (χ2n) is 5.09. The third-order valence-electron chi connectivity index (χ3n) is 3.25. The van der Waals surface area contributed by atoms with E-state index in [1.165, 1.54) is 11.3 Å². The van der Waals surface area contributed by atoms with Crippen molar-refractivity contribution in [3.8, 4) is 10.8 Å². The number of aliphatic hydroxyl groups excluding tert-OH is 1. The van der Waals surface area contributed by atoms with Gasteiger partial charge >= 0.3 is 5.76 Å². The van der Waals surface area contributed by atoms with Gasteiger partial charge in [-0.05, 0) is 23.1 Å². The number of thiophene rings is 1. The molecule has 0 bridgehead atoms. The second kappa shape index (κ2) is 7.76. The number of nitrogens with zero attached hydrogens (tertiary/aromatic N) is 2. The summed E-state index contributed by atoms with van der Waals surface area (Å²) in [6.07, 6.45) is -0.883. The molecule has 0 amide bonds. The summed E-state index contributed by atoms with van der Waals surface area (Å²) in [7, 11) is 0. The Kier molecular flexibility index (Phi) is 5.47. The molecule has 126 valence electrons. The van der Waals surface area contributed by atoms with Crippen LogP contribution in [0.15, 0.2) is 51.0 Å². The van der Waals surface area contributed by atoms with Gasteiger partial charge in [-0.15, -0.1) is 16.4 Å². The van der Waals surface area contributed by atoms with Crippen LogP contribution in [0.4, 0.5) is 0 Å². The fraction of sp³-hybridized carbons (Fsp3) is 0.250. The first-order chi connectivity index (χ1) is 11.6. The smallest absolute Gasteiger partial charge is 0.389 e. The van der Waals surface area contributed by atoms with E-state index in [0.717, 1.165) is 15.1 Å². The van der Waals surface area contributed by atoms with Gasteiger partial charge in [-0.2, -0.15) is 4.68 Å². The summed E-state index contributed by atoms with van der Waals surface area (Å²) < 4.78 is 11.6. The third-order valence-corrected chi connectivity index (χ3v) is 4.47. The molecule has 1 N–H and O–H groups in total. The number of hydrogen-bond acceptors (Lipinski definition) is 6. The molecule has 3 rings (SSSR count). The molecule has 0 aliphatic carbocycles. The van der Waals surface area contributed by atoms with Gasteiger partial charge in [-0.25, -0.2) is 4.79 Å². The van der Waals surface area contributed by atoms with Gasteiger partial charge in [-0.3, -0.25) is 0 Å². The van der Waals surface area contributed by atoms with E-state index < -0.39 is 11.9 Å². The van der Waals surface area contributed by atoms with Crippen molar-refractivity contribution in [1.29, 1.82) is 0 Å². The third kappa shape index (κ3) is 4.12. The molecule has 0 radical (unpaired) electrons. The quantitative estimate of drug-likeness (QED) is 0.695. The fourth-order valence-corrected chi connectivity index (χ4v) is 2.93. The zero-order valence-corrected chi connectivity index (χ0v) is 14.2. The van der Waals surface area contributed by atoms with Gasteiger partial charge in [0.2, 0.25) is 0 Å². The first kappa shape index (κ1) is 16.9. The van der Waals surface area contributed by atoms with Crippen molar-refractivity contribution in [3.05, 3.63) is 62.9 Å². The Hall–Kier alpha value is -1.93. The number of aromatic nitrogens is 2. The van der Waals surface area contributed by atoms with Crippen molar-refractivity contribution < 1.29 is 14.3 Å². The molecule has 6 nitrogen and oxygen atoms in total. The number of rotatable bonds is 7. The van der Waals surface area contributed by atoms with Crippen LogP contribution in [0.25, 0.3) is 10.8 Å². The summed E-state index contributed by atoms with van der Waals surface area (Å²) in [4.78, 5) is 12.5. The maximum Gasteiger partial charge on any atom is 0.437 e. The van der Waals surface area contributed by atoms with Crippen LogP contribution < -0.4 is 5.76 Å². The molecule has 0 fully saturated rings. The SMILES string of the molecule is O=c1oc(-c2cccs2)nn1C[C@H](O)COCc1ccccc1Cl. The van der Waals surface area contributed by atoms with Gasteiger partial charge in [-0.1, -0.05) is 35.9 Å². The van der Waals surface area contributed by atoms with Crippen LogP contribution in [0.5, 0.6) is 0 Å². The van der Waals surface area contributed by atoms with Crippen molar-refractivity contribution in [2.24, 2.45) is 0 Å². The van der Waals surface area contributed by atoms with Crippen LogP contribution in [-0.2, 0) is 17.9 Å². The van der Waals surface area contributed by atoms with E-state index in [2.05, 4.69) is 5.10 Å². The van der Waals surface area contributed by atoms with Crippen LogP contribution in [0.1, 0.15) is 5.56 Å². The lowest BCUT2D eigenvalue weighted by Crippen LogP contribution is -2.28. The second-order valence-corrected chi connectivity index (χ2v) is 6.45. The summed E-state index contributed by atoms with van der Waals surface area (Å²) in [5.41, 5.74) is 0.838. The predicted octanol–water partition coefficient (Wildman–Crippen LogP) is 2.80. The summed E-state index contributed by atoms with van der Waals surface area (Å²) >= 11 is 7.45. The number of aliphatic hydroxyl groups is 1. The monoisotopic (exact) mass is 366 g/mol. The normalized spacial score (nSPS) is 12.4. The number of benzene rings is 1. The maximum atomic E-state index is 11.8. The molecule has 0 unspecified atom stereocenters. The van der Waals surface area contributed by atoms with Crippen molar-refractivity contribution in [1.82, 2.24) is 9.78 Å². The van der Waals surface area contributed by atoms with E-state index in [-0.39, 0.29) is 25.6 Å². The van der Waals surface area contributed by atoms with Crippen LogP contribution in [0.2, 0.25) is 5.02 Å². The number of hydrogen-bond donors (Lipinski definition) is 1. The Morgan fingerprint density at radius 3 is 2.92 bits per heavy atom. The Balaban J connectivity index is 1.55. The molecule has 3 aromatic rings. The van der Waals surface area contributed by atoms with Gasteiger partial charge in [0, 0.05) is 5.02 Å². The minimum Gasteiger partial charge on any atom is -0.389 e. The van der Waals surface area contributed by atoms with Gasteiger partial charge in [0.15, 0.2) is 0 Å². The molecule has 24 heavy (non-hydrogen) atoms. The molecular formula is C16H15ClN2O4S. The van der Waals surface area contributed by atoms with Crippen LogP contribution >= 0.6 is 22.9 Å². The van der Waals surface area contributed by atoms with Crippen molar-refractivity contribution in [2.75, 3.05) is 6.61 Å². The van der Waals surface area contributed by atoms with Crippen molar-refractivity contribution in [2.45, 2.75) is 19.3 Å². The van der Waals surface area contributed by atoms with Crippen molar-refractivity contribution >= 4 is 22.9 Å². The average Bonchev–Trinajstić information content (AvgIpc) is 3.20. The van der Waals surface area contributed by atoms with E-state index in [1.54, 1.807) is 6.07 Å². The fourth-order valence-electron chi connectivity index (χ4n) is 2.09. The maximum absolute atomic E-state index is 11.8. The van der Waals surface area contributed by atoms with E-state index >= 15 is 0 Å². The van der Waals surface area contributed by atoms with Gasteiger partial charge in [0.05, 0.1) is 30.7 Å². The standard InChI is InChI=1S/C16H15ClN2O4S/c17-13-5-2-1-4-11(13)9-22-10-12(20)8-19-16(21)23-15(18-19)14-6-3-7-24-14/h1-7,12,20H,8-10H2/t12-/m0/s1. The highest BCUT2D eigenvalue weighted by atomic mass is 35.5. The lowest BCUT2D eigenvalue weighted by molar-refractivity contribution is 0.0178. The molecule has 2 aromatic heterocycles. The van der Waals surface area contributed by atoms with Crippen LogP contribution in [0.3, 0.4) is 0 Å². The van der Waals surface area contributed by atoms with Gasteiger partial charge in [0.1, 0.15) is 0 Å². The van der Waals surface area contributed by atoms with Crippen LogP contribution in [0, 0.1) is 0 Å². The van der Waals surface area contributed by atoms with E-state index in [1.807, 2.05) is 35.7 Å². The Morgan fingerprint density at radius 2 is 2.17 bits per heavy atom. The largest absolute Gasteiger partial charge is 0.437 e. The zero-order valence-electron chi connectivity index (χ0n) is 12.6. The molecule has 2 heterocycles. The first-order valence-electron chi connectivity index (χ1n) is 7.24. The minimum absolute atomic E-state index is 0.00374. The zero-order chi connectivity index (χ0) is 16.9. The molecule has 0 aliphatic heterocycles. The minimum atomic E-state index is -0.883. The predicted molar refractivity (Wildman–Crippen MR) is 91.2 cm³/mol. The number of halogens is 1. The lowest BCUT2D eigenvalue weighted by atomic mass is 10.2. The van der Waals surface area contributed by atoms with E-state index in [0.29, 0.717) is 5.02 Å². The van der Waals surface area contributed by atoms with Gasteiger partial charge < -0.3 is 14.3 Å². The molecule has 8 heteroatoms. The summed E-state index contributed by atoms with van der Waals surface area (Å²) in [6, 6.07) is 11.0. The summed E-state index contributed by atoms with van der Waals surface area (Å²) in [5.74, 6) is -0.359. The molecule has 0 aliphatic rings. The molecule has 0 saturated carbocycles. The number of ether oxygens (including phenoxy) is 1. The topological polar surface area (TPSA) is 77.5 Å². The Labute approximate surface area is 146 Å². The highest BCUT2D eigenvalue weighted by Crippen LogP contribution is 2.21.